The second-order valence-corrected chi connectivity index (χ2v) is 14.3. The van der Waals surface area contributed by atoms with Gasteiger partial charge in [-0.1, -0.05) is 121 Å². The molecular weight excluding hydrogens is 649 g/mol. The Kier molecular flexibility index (Phi) is 5.16. The van der Waals surface area contributed by atoms with Gasteiger partial charge in [-0.05, 0) is 75.6 Å². The number of anilines is 3. The van der Waals surface area contributed by atoms with E-state index < -0.39 is 0 Å². The van der Waals surface area contributed by atoms with E-state index in [9.17, 15) is 0 Å². The Labute approximate surface area is 303 Å². The zero-order valence-corrected chi connectivity index (χ0v) is 28.3. The first kappa shape index (κ1) is 27.7. The van der Waals surface area contributed by atoms with Crippen molar-refractivity contribution < 1.29 is 13.3 Å². The molecule has 11 aromatic rings. The number of furan rings is 3. The predicted molar refractivity (Wildman–Crippen MR) is 218 cm³/mol. The lowest BCUT2D eigenvalue weighted by Gasteiger charge is -2.36. The van der Waals surface area contributed by atoms with Crippen molar-refractivity contribution in [3.05, 3.63) is 158 Å². The summed E-state index contributed by atoms with van der Waals surface area (Å²) in [5.41, 5.74) is 17.0. The fourth-order valence-corrected chi connectivity index (χ4v) is 9.52. The molecule has 0 spiro atoms. The molecule has 0 atom stereocenters. The molecule has 0 unspecified atom stereocenters. The Balaban J connectivity index is 1.21. The zero-order valence-electron chi connectivity index (χ0n) is 28.3. The lowest BCUT2D eigenvalue weighted by atomic mass is 9.37. The topological polar surface area (TPSA) is 42.7 Å². The summed E-state index contributed by atoms with van der Waals surface area (Å²) >= 11 is 0. The largest absolute Gasteiger partial charge is 0.456 e. The molecule has 2 aliphatic rings. The van der Waals surface area contributed by atoms with E-state index in [1.165, 1.54) is 27.5 Å². The summed E-state index contributed by atoms with van der Waals surface area (Å²) in [7, 11) is 0. The molecule has 0 amide bonds. The van der Waals surface area contributed by atoms with Crippen LogP contribution in [0.25, 0.3) is 88.1 Å². The van der Waals surface area contributed by atoms with E-state index in [1.54, 1.807) is 0 Å². The van der Waals surface area contributed by atoms with Crippen molar-refractivity contribution in [2.45, 2.75) is 0 Å². The Morgan fingerprint density at radius 3 is 1.85 bits per heavy atom. The molecular formula is C48H26BNO3. The van der Waals surface area contributed by atoms with Crippen LogP contribution in [0.2, 0.25) is 0 Å². The highest BCUT2D eigenvalue weighted by Gasteiger charge is 2.44. The molecule has 0 fully saturated rings. The SMILES string of the molecule is c1ccc2c(c1)B1c3ccc4c(oc5ccccc54)c3N(c3cccc4c3oc3ccccc34)c3cc(-c4cccc5oc6ccccc6c45)cc-2c31. The van der Waals surface area contributed by atoms with E-state index in [0.717, 1.165) is 94.0 Å². The Bertz CT molecular complexity index is 3380. The van der Waals surface area contributed by atoms with E-state index >= 15 is 0 Å². The van der Waals surface area contributed by atoms with E-state index in [2.05, 4.69) is 144 Å². The van der Waals surface area contributed by atoms with Crippen LogP contribution in [0.4, 0.5) is 17.1 Å². The van der Waals surface area contributed by atoms with Crippen LogP contribution < -0.4 is 21.3 Å². The highest BCUT2D eigenvalue weighted by Crippen LogP contribution is 2.50. The lowest BCUT2D eigenvalue weighted by molar-refractivity contribution is 0.666. The highest BCUT2D eigenvalue weighted by molar-refractivity contribution is 7.01. The standard InChI is InChI=1S/C48H26BNO3/c1-5-17-36-29(11-1)35-25-27(28-15-10-22-43-44(28)34-14-4-8-21-42(34)51-43)26-39-45(35)49(36)37-24-23-33-31-13-3-7-20-41(31)53-48(33)46(37)50(39)38-18-9-16-32-30-12-2-6-19-40(30)52-47(32)38/h1-26H. The van der Waals surface area contributed by atoms with Crippen molar-refractivity contribution in [2.24, 2.45) is 0 Å². The number of benzene rings is 8. The minimum absolute atomic E-state index is 0.0366. The van der Waals surface area contributed by atoms with Gasteiger partial charge in [-0.15, -0.1) is 0 Å². The summed E-state index contributed by atoms with van der Waals surface area (Å²) in [5.74, 6) is 0. The van der Waals surface area contributed by atoms with Crippen LogP contribution in [0.15, 0.2) is 171 Å². The van der Waals surface area contributed by atoms with Gasteiger partial charge in [-0.2, -0.15) is 0 Å². The number of nitrogens with zero attached hydrogens (tertiary/aromatic N) is 1. The van der Waals surface area contributed by atoms with Gasteiger partial charge in [0.05, 0.1) is 11.4 Å². The van der Waals surface area contributed by atoms with E-state index in [-0.39, 0.29) is 6.71 Å². The van der Waals surface area contributed by atoms with Crippen molar-refractivity contribution in [2.75, 3.05) is 4.90 Å². The van der Waals surface area contributed by atoms with E-state index in [0.29, 0.717) is 0 Å². The molecule has 0 radical (unpaired) electrons. The average molecular weight is 676 g/mol. The summed E-state index contributed by atoms with van der Waals surface area (Å²) in [4.78, 5) is 2.43. The smallest absolute Gasteiger partial charge is 0.248 e. The van der Waals surface area contributed by atoms with Crippen molar-refractivity contribution in [1.82, 2.24) is 0 Å². The average Bonchev–Trinajstić information content (AvgIpc) is 3.97. The molecule has 53 heavy (non-hydrogen) atoms. The van der Waals surface area contributed by atoms with E-state index in [4.69, 9.17) is 13.3 Å². The summed E-state index contributed by atoms with van der Waals surface area (Å²) in [6.07, 6.45) is 0. The normalized spacial score (nSPS) is 13.2. The van der Waals surface area contributed by atoms with Crippen molar-refractivity contribution in [3.63, 3.8) is 0 Å². The minimum Gasteiger partial charge on any atom is -0.456 e. The number of hydrogen-bond donors (Lipinski definition) is 0. The first-order valence-electron chi connectivity index (χ1n) is 18.1. The molecule has 0 bridgehead atoms. The third kappa shape index (κ3) is 3.51. The number of rotatable bonds is 2. The number of hydrogen-bond acceptors (Lipinski definition) is 4. The van der Waals surface area contributed by atoms with Gasteiger partial charge in [0.1, 0.15) is 22.3 Å². The molecule has 2 aliphatic heterocycles. The Hall–Kier alpha value is -6.98. The molecule has 5 heterocycles. The minimum atomic E-state index is 0.0366. The van der Waals surface area contributed by atoms with Gasteiger partial charge < -0.3 is 18.2 Å². The van der Waals surface area contributed by atoms with Gasteiger partial charge in [-0.25, -0.2) is 0 Å². The van der Waals surface area contributed by atoms with Gasteiger partial charge in [0, 0.05) is 38.0 Å². The zero-order chi connectivity index (χ0) is 34.4. The van der Waals surface area contributed by atoms with Crippen LogP contribution in [0.5, 0.6) is 0 Å². The van der Waals surface area contributed by atoms with Crippen LogP contribution in [0.3, 0.4) is 0 Å². The molecule has 0 saturated carbocycles. The molecule has 0 saturated heterocycles. The highest BCUT2D eigenvalue weighted by atomic mass is 16.3. The molecule has 0 N–H and O–H groups in total. The molecule has 5 heteroatoms. The maximum Gasteiger partial charge on any atom is 0.248 e. The Morgan fingerprint density at radius 1 is 0.396 bits per heavy atom. The van der Waals surface area contributed by atoms with Gasteiger partial charge in [-0.3, -0.25) is 0 Å². The first-order valence-corrected chi connectivity index (χ1v) is 18.1. The second kappa shape index (κ2) is 9.87. The number of fused-ring (bicyclic) bond motifs is 15. The third-order valence-electron chi connectivity index (χ3n) is 11.7. The summed E-state index contributed by atoms with van der Waals surface area (Å²) < 4.78 is 20.1. The van der Waals surface area contributed by atoms with Crippen LogP contribution in [0, 0.1) is 0 Å². The van der Waals surface area contributed by atoms with Gasteiger partial charge in [0.2, 0.25) is 6.71 Å². The quantitative estimate of drug-likeness (QED) is 0.171. The van der Waals surface area contributed by atoms with Gasteiger partial charge in [0.25, 0.3) is 0 Å². The van der Waals surface area contributed by atoms with Crippen LogP contribution in [-0.4, -0.2) is 6.71 Å². The Morgan fingerprint density at radius 2 is 1.02 bits per heavy atom. The third-order valence-corrected chi connectivity index (χ3v) is 11.7. The molecule has 8 aromatic carbocycles. The maximum atomic E-state index is 6.91. The van der Waals surface area contributed by atoms with Gasteiger partial charge in [0.15, 0.2) is 11.2 Å². The predicted octanol–water partition coefficient (Wildman–Crippen LogP) is 11.3. The fourth-order valence-electron chi connectivity index (χ4n) is 9.52. The van der Waals surface area contributed by atoms with Crippen LogP contribution in [0.1, 0.15) is 0 Å². The molecule has 13 rings (SSSR count). The first-order chi connectivity index (χ1) is 26.3. The van der Waals surface area contributed by atoms with Crippen LogP contribution >= 0.6 is 0 Å². The summed E-state index contributed by atoms with van der Waals surface area (Å²) in [6, 6.07) is 56.3. The number of para-hydroxylation sites is 4. The van der Waals surface area contributed by atoms with Crippen molar-refractivity contribution in [3.8, 4) is 22.3 Å². The molecule has 244 valence electrons. The maximum absolute atomic E-state index is 6.91. The second-order valence-electron chi connectivity index (χ2n) is 14.3. The summed E-state index contributed by atoms with van der Waals surface area (Å²) in [5, 5.41) is 6.64. The van der Waals surface area contributed by atoms with E-state index in [1.807, 2.05) is 18.2 Å². The van der Waals surface area contributed by atoms with Crippen molar-refractivity contribution >= 4 is 106 Å². The lowest BCUT2D eigenvalue weighted by Crippen LogP contribution is -2.54. The summed E-state index contributed by atoms with van der Waals surface area (Å²) in [6.45, 7) is 0.0366. The monoisotopic (exact) mass is 675 g/mol. The fraction of sp³-hybridized carbons (Fsp3) is 0. The molecule has 3 aromatic heterocycles. The molecule has 4 nitrogen and oxygen atoms in total. The molecule has 0 aliphatic carbocycles. The van der Waals surface area contributed by atoms with Crippen molar-refractivity contribution in [1.29, 1.82) is 0 Å². The van der Waals surface area contributed by atoms with Crippen LogP contribution in [-0.2, 0) is 0 Å². The van der Waals surface area contributed by atoms with Gasteiger partial charge >= 0.3 is 0 Å².